The zero-order valence-electron chi connectivity index (χ0n) is 21.4. The minimum Gasteiger partial charge on any atom is -0.496 e. The van der Waals surface area contributed by atoms with Crippen molar-refractivity contribution in [3.8, 4) is 28.8 Å². The number of halogens is 1. The van der Waals surface area contributed by atoms with Crippen LogP contribution in [0.25, 0.3) is 33.5 Å². The SMILES string of the molecule is CC[C@H](C)Oc1c(Cl)cc(C=Nn2c(-c3cc4c(OC)cccc4o3)nc3ccccc3c2=O)cc1OC. The van der Waals surface area contributed by atoms with E-state index >= 15 is 0 Å². The first-order chi connectivity index (χ1) is 18.4. The molecule has 0 N–H and O–H groups in total. The molecule has 194 valence electrons. The highest BCUT2D eigenvalue weighted by atomic mass is 35.5. The van der Waals surface area contributed by atoms with Gasteiger partial charge in [0.1, 0.15) is 11.3 Å². The lowest BCUT2D eigenvalue weighted by Crippen LogP contribution is -2.20. The van der Waals surface area contributed by atoms with Gasteiger partial charge < -0.3 is 18.6 Å². The molecule has 5 rings (SSSR count). The first-order valence-electron chi connectivity index (χ1n) is 12.1. The second kappa shape index (κ2) is 10.6. The summed E-state index contributed by atoms with van der Waals surface area (Å²) in [6.45, 7) is 3.98. The maximum Gasteiger partial charge on any atom is 0.282 e. The van der Waals surface area contributed by atoms with Gasteiger partial charge in [0.05, 0.1) is 47.8 Å². The standard InChI is InChI=1S/C29H26ClN3O5/c1-5-17(2)37-27-21(30)13-18(14-25(27)36-4)16-31-33-28(32-22-10-7-6-9-19(22)29(33)34)26-15-20-23(35-3)11-8-12-24(20)38-26/h6-17H,5H2,1-4H3/t17-/m0/s1. The molecular weight excluding hydrogens is 506 g/mol. The fourth-order valence-electron chi connectivity index (χ4n) is 4.05. The Kier molecular flexibility index (Phi) is 7.07. The predicted molar refractivity (Wildman–Crippen MR) is 149 cm³/mol. The third kappa shape index (κ3) is 4.70. The molecule has 0 aliphatic heterocycles. The van der Waals surface area contributed by atoms with Crippen LogP contribution in [-0.2, 0) is 0 Å². The number of ether oxygens (including phenoxy) is 3. The zero-order valence-corrected chi connectivity index (χ0v) is 22.2. The smallest absolute Gasteiger partial charge is 0.282 e. The minimum atomic E-state index is -0.343. The molecule has 3 aromatic carbocycles. The maximum atomic E-state index is 13.6. The Morgan fingerprint density at radius 2 is 1.84 bits per heavy atom. The van der Waals surface area contributed by atoms with E-state index in [0.717, 1.165) is 11.8 Å². The lowest BCUT2D eigenvalue weighted by molar-refractivity contribution is 0.208. The Hall–Kier alpha value is -4.30. The Morgan fingerprint density at radius 1 is 1.05 bits per heavy atom. The van der Waals surface area contributed by atoms with Gasteiger partial charge in [-0.3, -0.25) is 4.79 Å². The lowest BCUT2D eigenvalue weighted by atomic mass is 10.2. The second-order valence-corrected chi connectivity index (χ2v) is 9.07. The number of para-hydroxylation sites is 1. The van der Waals surface area contributed by atoms with Crippen LogP contribution in [0.15, 0.2) is 75.0 Å². The van der Waals surface area contributed by atoms with Gasteiger partial charge in [-0.05, 0) is 61.4 Å². The van der Waals surface area contributed by atoms with Crippen molar-refractivity contribution in [2.75, 3.05) is 14.2 Å². The predicted octanol–water partition coefficient (Wildman–Crippen LogP) is 6.54. The molecule has 0 amide bonds. The van der Waals surface area contributed by atoms with Gasteiger partial charge in [-0.1, -0.05) is 36.7 Å². The van der Waals surface area contributed by atoms with Crippen molar-refractivity contribution in [1.29, 1.82) is 0 Å². The van der Waals surface area contributed by atoms with E-state index in [0.29, 0.717) is 50.1 Å². The molecule has 1 atom stereocenters. The van der Waals surface area contributed by atoms with E-state index in [1.807, 2.05) is 38.1 Å². The largest absolute Gasteiger partial charge is 0.496 e. The van der Waals surface area contributed by atoms with E-state index in [2.05, 4.69) is 5.10 Å². The summed E-state index contributed by atoms with van der Waals surface area (Å²) in [6.07, 6.45) is 2.30. The van der Waals surface area contributed by atoms with Crippen molar-refractivity contribution in [1.82, 2.24) is 9.66 Å². The number of furan rings is 1. The summed E-state index contributed by atoms with van der Waals surface area (Å²) in [5, 5.41) is 6.07. The van der Waals surface area contributed by atoms with Gasteiger partial charge in [-0.2, -0.15) is 9.78 Å². The van der Waals surface area contributed by atoms with Gasteiger partial charge >= 0.3 is 0 Å². The van der Waals surface area contributed by atoms with E-state index in [4.69, 9.17) is 35.2 Å². The number of nitrogens with zero attached hydrogens (tertiary/aromatic N) is 3. The molecule has 5 aromatic rings. The van der Waals surface area contributed by atoms with E-state index in [9.17, 15) is 4.79 Å². The number of aromatic nitrogens is 2. The van der Waals surface area contributed by atoms with Crippen LogP contribution < -0.4 is 19.8 Å². The summed E-state index contributed by atoms with van der Waals surface area (Å²) in [7, 11) is 3.14. The highest BCUT2D eigenvalue weighted by molar-refractivity contribution is 6.32. The molecule has 2 aromatic heterocycles. The van der Waals surface area contributed by atoms with Crippen molar-refractivity contribution in [3.05, 3.63) is 81.6 Å². The number of methoxy groups -OCH3 is 2. The van der Waals surface area contributed by atoms with Crippen molar-refractivity contribution < 1.29 is 18.6 Å². The average molecular weight is 532 g/mol. The summed E-state index contributed by atoms with van der Waals surface area (Å²) in [4.78, 5) is 18.3. The summed E-state index contributed by atoms with van der Waals surface area (Å²) in [5.41, 5.74) is 1.40. The third-order valence-corrected chi connectivity index (χ3v) is 6.46. The topological polar surface area (TPSA) is 88.1 Å². The molecule has 0 radical (unpaired) electrons. The molecule has 0 bridgehead atoms. The molecule has 0 aliphatic rings. The monoisotopic (exact) mass is 531 g/mol. The van der Waals surface area contributed by atoms with Gasteiger partial charge in [0.15, 0.2) is 17.3 Å². The Morgan fingerprint density at radius 3 is 2.61 bits per heavy atom. The van der Waals surface area contributed by atoms with E-state index < -0.39 is 0 Å². The molecular formula is C29H26ClN3O5. The number of benzene rings is 3. The van der Waals surface area contributed by atoms with Crippen LogP contribution in [0.3, 0.4) is 0 Å². The van der Waals surface area contributed by atoms with E-state index in [1.165, 1.54) is 10.9 Å². The summed E-state index contributed by atoms with van der Waals surface area (Å²) in [6, 6.07) is 17.8. The molecule has 0 saturated heterocycles. The van der Waals surface area contributed by atoms with Crippen molar-refractivity contribution in [3.63, 3.8) is 0 Å². The van der Waals surface area contributed by atoms with Crippen LogP contribution in [-0.4, -0.2) is 36.2 Å². The van der Waals surface area contributed by atoms with Crippen LogP contribution in [0.5, 0.6) is 17.2 Å². The molecule has 0 unspecified atom stereocenters. The summed E-state index contributed by atoms with van der Waals surface area (Å²) < 4.78 is 24.2. The Labute approximate surface area is 224 Å². The van der Waals surface area contributed by atoms with Gasteiger partial charge in [0, 0.05) is 0 Å². The maximum absolute atomic E-state index is 13.6. The number of hydrogen-bond donors (Lipinski definition) is 0. The normalized spacial score (nSPS) is 12.3. The van der Waals surface area contributed by atoms with Gasteiger partial charge in [0.2, 0.25) is 5.82 Å². The van der Waals surface area contributed by atoms with Crippen LogP contribution in [0.1, 0.15) is 25.8 Å². The number of fused-ring (bicyclic) bond motifs is 2. The molecule has 38 heavy (non-hydrogen) atoms. The molecule has 0 aliphatic carbocycles. The number of rotatable bonds is 8. The van der Waals surface area contributed by atoms with E-state index in [1.54, 1.807) is 50.6 Å². The van der Waals surface area contributed by atoms with E-state index in [-0.39, 0.29) is 17.5 Å². The van der Waals surface area contributed by atoms with Gasteiger partial charge in [0.25, 0.3) is 5.56 Å². The molecule has 9 heteroatoms. The highest BCUT2D eigenvalue weighted by Gasteiger charge is 2.18. The molecule has 2 heterocycles. The first-order valence-corrected chi connectivity index (χ1v) is 12.5. The first kappa shape index (κ1) is 25.4. The fraction of sp³-hybridized carbons (Fsp3) is 0.207. The zero-order chi connectivity index (χ0) is 26.8. The van der Waals surface area contributed by atoms with Crippen molar-refractivity contribution in [2.45, 2.75) is 26.4 Å². The molecule has 0 saturated carbocycles. The van der Waals surface area contributed by atoms with Crippen LogP contribution in [0, 0.1) is 0 Å². The van der Waals surface area contributed by atoms with Crippen molar-refractivity contribution in [2.24, 2.45) is 5.10 Å². The molecule has 0 fully saturated rings. The minimum absolute atomic E-state index is 0.0341. The fourth-order valence-corrected chi connectivity index (χ4v) is 4.31. The lowest BCUT2D eigenvalue weighted by Gasteiger charge is -2.17. The quantitative estimate of drug-likeness (QED) is 0.211. The third-order valence-electron chi connectivity index (χ3n) is 6.18. The second-order valence-electron chi connectivity index (χ2n) is 8.67. The van der Waals surface area contributed by atoms with Gasteiger partial charge in [-0.15, -0.1) is 0 Å². The van der Waals surface area contributed by atoms with Crippen LogP contribution in [0.4, 0.5) is 0 Å². The Balaban J connectivity index is 1.65. The summed E-state index contributed by atoms with van der Waals surface area (Å²) in [5.74, 6) is 2.20. The summed E-state index contributed by atoms with van der Waals surface area (Å²) >= 11 is 6.53. The number of hydrogen-bond acceptors (Lipinski definition) is 7. The molecule has 8 nitrogen and oxygen atoms in total. The Bertz CT molecular complexity index is 1720. The molecule has 0 spiro atoms. The van der Waals surface area contributed by atoms with Crippen LogP contribution >= 0.6 is 11.6 Å². The van der Waals surface area contributed by atoms with Crippen LogP contribution in [0.2, 0.25) is 5.02 Å². The average Bonchev–Trinajstić information content (AvgIpc) is 3.38. The van der Waals surface area contributed by atoms with Gasteiger partial charge in [-0.25, -0.2) is 4.98 Å². The van der Waals surface area contributed by atoms with Crippen molar-refractivity contribution >= 4 is 39.7 Å². The highest BCUT2D eigenvalue weighted by Crippen LogP contribution is 2.37.